The maximum absolute atomic E-state index is 13.6. The van der Waals surface area contributed by atoms with Gasteiger partial charge in [-0.25, -0.2) is 14.3 Å². The average molecular weight is 524 g/mol. The number of imidazole rings is 1. The summed E-state index contributed by atoms with van der Waals surface area (Å²) in [5.41, 5.74) is 4.26. The number of nitrogens with zero attached hydrogens (tertiary/aromatic N) is 6. The molecule has 0 spiro atoms. The molecule has 0 saturated carbocycles. The molecule has 1 aromatic carbocycles. The van der Waals surface area contributed by atoms with Crippen molar-refractivity contribution in [2.75, 3.05) is 0 Å². The van der Waals surface area contributed by atoms with Crippen LogP contribution in [0.25, 0.3) is 38.9 Å². The summed E-state index contributed by atoms with van der Waals surface area (Å²) in [7, 11) is 1.83. The third kappa shape index (κ3) is 4.21. The van der Waals surface area contributed by atoms with Crippen molar-refractivity contribution in [3.05, 3.63) is 70.7 Å². The minimum absolute atomic E-state index is 0.354. The highest BCUT2D eigenvalue weighted by molar-refractivity contribution is 5.93. The summed E-state index contributed by atoms with van der Waals surface area (Å²) in [6, 6.07) is 5.03. The number of hydrogen-bond donors (Lipinski definition) is 1. The Morgan fingerprint density at radius 2 is 1.84 bits per heavy atom. The van der Waals surface area contributed by atoms with E-state index in [1.54, 1.807) is 41.6 Å². The number of hydrogen-bond acceptors (Lipinski definition) is 5. The average Bonchev–Trinajstić information content (AvgIpc) is 3.37. The van der Waals surface area contributed by atoms with Crippen LogP contribution in [-0.2, 0) is 18.4 Å². The number of benzene rings is 1. The van der Waals surface area contributed by atoms with Gasteiger partial charge in [0.15, 0.2) is 0 Å². The van der Waals surface area contributed by atoms with Crippen LogP contribution < -0.4 is 11.0 Å². The number of aromatic nitrogens is 6. The van der Waals surface area contributed by atoms with Crippen LogP contribution in [0.2, 0.25) is 0 Å². The maximum Gasteiger partial charge on any atom is 0.408 e. The standard InChI is InChI=1S/C26H24F3N7O2/c1-14-6-5-7-20-23(14)36(25(38)35(20)13-22(37)33-16(3)26(27,28)29)24-15(2)8-17(9-31-24)18-10-30-12-21-19(18)11-32-34(21)4/h5-12,16H,13H2,1-4H3,(H,33,37)/t16-/m0/s1. The highest BCUT2D eigenvalue weighted by Gasteiger charge is 2.37. The first kappa shape index (κ1) is 25.2. The van der Waals surface area contributed by atoms with Crippen LogP contribution >= 0.6 is 0 Å². The summed E-state index contributed by atoms with van der Waals surface area (Å²) in [5, 5.41) is 7.11. The fourth-order valence-corrected chi connectivity index (χ4v) is 4.57. The van der Waals surface area contributed by atoms with E-state index in [2.05, 4.69) is 15.1 Å². The number of carbonyl (C=O) groups excluding carboxylic acids is 1. The van der Waals surface area contributed by atoms with Crippen LogP contribution in [0.3, 0.4) is 0 Å². The van der Waals surface area contributed by atoms with Crippen molar-refractivity contribution in [2.45, 2.75) is 39.5 Å². The first-order valence-electron chi connectivity index (χ1n) is 11.8. The lowest BCUT2D eigenvalue weighted by Gasteiger charge is -2.17. The zero-order chi connectivity index (χ0) is 27.4. The number of nitrogens with one attached hydrogen (secondary N) is 1. The van der Waals surface area contributed by atoms with Gasteiger partial charge in [0.2, 0.25) is 5.91 Å². The molecule has 0 aliphatic carbocycles. The van der Waals surface area contributed by atoms with E-state index in [1.807, 2.05) is 38.3 Å². The summed E-state index contributed by atoms with van der Waals surface area (Å²) in [6.07, 6.45) is 2.25. The second kappa shape index (κ2) is 9.12. The molecule has 196 valence electrons. The van der Waals surface area contributed by atoms with E-state index >= 15 is 0 Å². The SMILES string of the molecule is Cc1cc(-c2cncc3c2cnn3C)cnc1-n1c(=O)n(CC(=O)N[C@@H](C)C(F)(F)F)c2cccc(C)c21. The summed E-state index contributed by atoms with van der Waals surface area (Å²) >= 11 is 0. The molecule has 0 radical (unpaired) electrons. The first-order chi connectivity index (χ1) is 18.0. The minimum Gasteiger partial charge on any atom is -0.343 e. The Labute approximate surface area is 214 Å². The second-order valence-electron chi connectivity index (χ2n) is 9.23. The first-order valence-corrected chi connectivity index (χ1v) is 11.8. The topological polar surface area (TPSA) is 99.6 Å². The molecule has 0 unspecified atom stereocenters. The molecule has 1 amide bonds. The van der Waals surface area contributed by atoms with Gasteiger partial charge < -0.3 is 5.32 Å². The largest absolute Gasteiger partial charge is 0.408 e. The monoisotopic (exact) mass is 523 g/mol. The lowest BCUT2D eigenvalue weighted by molar-refractivity contribution is -0.158. The molecule has 0 aliphatic rings. The van der Waals surface area contributed by atoms with Crippen molar-refractivity contribution in [2.24, 2.45) is 7.05 Å². The van der Waals surface area contributed by atoms with Gasteiger partial charge in [-0.3, -0.25) is 19.0 Å². The molecule has 1 N–H and O–H groups in total. The molecule has 5 rings (SSSR count). The highest BCUT2D eigenvalue weighted by Crippen LogP contribution is 2.29. The Hall–Kier alpha value is -4.48. The number of amides is 1. The minimum atomic E-state index is -4.59. The zero-order valence-corrected chi connectivity index (χ0v) is 21.0. The Bertz CT molecular complexity index is 1760. The molecule has 0 fully saturated rings. The van der Waals surface area contributed by atoms with E-state index in [9.17, 15) is 22.8 Å². The quantitative estimate of drug-likeness (QED) is 0.378. The van der Waals surface area contributed by atoms with Crippen LogP contribution in [0, 0.1) is 13.8 Å². The Balaban J connectivity index is 1.60. The molecular weight excluding hydrogens is 499 g/mol. The van der Waals surface area contributed by atoms with Crippen LogP contribution in [0.15, 0.2) is 53.8 Å². The predicted octanol–water partition coefficient (Wildman–Crippen LogP) is 3.82. The number of para-hydroxylation sites is 1. The molecule has 12 heteroatoms. The number of aryl methyl sites for hydroxylation is 3. The molecule has 0 aliphatic heterocycles. The van der Waals surface area contributed by atoms with Gasteiger partial charge in [-0.05, 0) is 44.0 Å². The fourth-order valence-electron chi connectivity index (χ4n) is 4.57. The third-order valence-corrected chi connectivity index (χ3v) is 6.57. The number of fused-ring (bicyclic) bond motifs is 2. The van der Waals surface area contributed by atoms with Crippen LogP contribution in [0.4, 0.5) is 13.2 Å². The van der Waals surface area contributed by atoms with E-state index in [0.29, 0.717) is 22.4 Å². The molecule has 0 saturated heterocycles. The second-order valence-corrected chi connectivity index (χ2v) is 9.23. The number of rotatable bonds is 5. The van der Waals surface area contributed by atoms with Crippen LogP contribution in [-0.4, -0.2) is 47.0 Å². The number of carbonyl (C=O) groups is 1. The smallest absolute Gasteiger partial charge is 0.343 e. The normalized spacial score (nSPS) is 12.8. The van der Waals surface area contributed by atoms with E-state index in [1.165, 1.54) is 4.57 Å². The van der Waals surface area contributed by atoms with Gasteiger partial charge >= 0.3 is 11.9 Å². The summed E-state index contributed by atoms with van der Waals surface area (Å²) in [4.78, 5) is 35.0. The van der Waals surface area contributed by atoms with Gasteiger partial charge in [-0.2, -0.15) is 18.3 Å². The van der Waals surface area contributed by atoms with Crippen LogP contribution in [0.5, 0.6) is 0 Å². The number of halogens is 3. The number of alkyl halides is 3. The van der Waals surface area contributed by atoms with Gasteiger partial charge in [0.05, 0.1) is 28.9 Å². The van der Waals surface area contributed by atoms with Crippen LogP contribution in [0.1, 0.15) is 18.1 Å². The Morgan fingerprint density at radius 3 is 2.55 bits per heavy atom. The summed E-state index contributed by atoms with van der Waals surface area (Å²) in [5.74, 6) is -0.568. The maximum atomic E-state index is 13.6. The van der Waals surface area contributed by atoms with E-state index in [-0.39, 0.29) is 0 Å². The van der Waals surface area contributed by atoms with Gasteiger partial charge in [0, 0.05) is 36.0 Å². The molecule has 5 aromatic rings. The molecule has 4 aromatic heterocycles. The van der Waals surface area contributed by atoms with Gasteiger partial charge in [0.25, 0.3) is 0 Å². The van der Waals surface area contributed by atoms with Gasteiger partial charge in [-0.15, -0.1) is 0 Å². The van der Waals surface area contributed by atoms with Gasteiger partial charge in [-0.1, -0.05) is 12.1 Å². The molecule has 0 bridgehead atoms. The van der Waals surface area contributed by atoms with Crippen molar-refractivity contribution < 1.29 is 18.0 Å². The lowest BCUT2D eigenvalue weighted by atomic mass is 10.0. The number of pyridine rings is 2. The molecular formula is C26H24F3N7O2. The summed E-state index contributed by atoms with van der Waals surface area (Å²) < 4.78 is 43.1. The molecule has 4 heterocycles. The Kier molecular flexibility index (Phi) is 6.04. The van der Waals surface area contributed by atoms with Crippen molar-refractivity contribution in [1.82, 2.24) is 34.2 Å². The fraction of sp³-hybridized carbons (Fsp3) is 0.269. The highest BCUT2D eigenvalue weighted by atomic mass is 19.4. The third-order valence-electron chi connectivity index (χ3n) is 6.57. The van der Waals surface area contributed by atoms with Crippen molar-refractivity contribution in [3.8, 4) is 16.9 Å². The lowest BCUT2D eigenvalue weighted by Crippen LogP contribution is -2.45. The van der Waals surface area contributed by atoms with E-state index < -0.39 is 30.4 Å². The van der Waals surface area contributed by atoms with Gasteiger partial charge in [0.1, 0.15) is 18.4 Å². The Morgan fingerprint density at radius 1 is 1.08 bits per heavy atom. The zero-order valence-electron chi connectivity index (χ0n) is 21.0. The van der Waals surface area contributed by atoms with Crippen molar-refractivity contribution in [1.29, 1.82) is 0 Å². The summed E-state index contributed by atoms with van der Waals surface area (Å²) in [6.45, 7) is 3.91. The predicted molar refractivity (Wildman–Crippen MR) is 136 cm³/mol. The van der Waals surface area contributed by atoms with E-state index in [4.69, 9.17) is 0 Å². The van der Waals surface area contributed by atoms with Crippen molar-refractivity contribution in [3.63, 3.8) is 0 Å². The van der Waals surface area contributed by atoms with Crippen molar-refractivity contribution >= 4 is 27.8 Å². The van der Waals surface area contributed by atoms with E-state index in [0.717, 1.165) is 39.1 Å². The molecule has 1 atom stereocenters. The molecule has 9 nitrogen and oxygen atoms in total. The molecule has 38 heavy (non-hydrogen) atoms.